The molecule has 5 unspecified atom stereocenters. The maximum Gasteiger partial charge on any atom is 0.320 e. The molecule has 8 heterocycles. The summed E-state index contributed by atoms with van der Waals surface area (Å²) in [5.41, 5.74) is 9.30. The van der Waals surface area contributed by atoms with Crippen LogP contribution in [0.3, 0.4) is 0 Å². The number of urea groups is 1. The van der Waals surface area contributed by atoms with E-state index < -0.39 is 35.6 Å². The summed E-state index contributed by atoms with van der Waals surface area (Å²) in [5.74, 6) is -0.488. The molecule has 4 N–H and O–H groups in total. The lowest BCUT2D eigenvalue weighted by Crippen LogP contribution is -2.54. The first kappa shape index (κ1) is 40.6. The molecule has 0 spiro atoms. The van der Waals surface area contributed by atoms with Crippen LogP contribution in [0.15, 0.2) is 42.5 Å². The van der Waals surface area contributed by atoms with Crippen molar-refractivity contribution in [3.05, 3.63) is 64.8 Å². The summed E-state index contributed by atoms with van der Waals surface area (Å²) in [4.78, 5) is 93.5. The fourth-order valence-corrected chi connectivity index (χ4v) is 12.1. The first-order valence-corrected chi connectivity index (χ1v) is 23.1. The van der Waals surface area contributed by atoms with Crippen molar-refractivity contribution in [2.24, 2.45) is 17.6 Å². The Bertz CT molecular complexity index is 2420. The number of nitrogens with two attached hydrogens (primary N) is 1. The number of amides is 7. The zero-order valence-corrected chi connectivity index (χ0v) is 35.9. The molecule has 7 aliphatic heterocycles. The van der Waals surface area contributed by atoms with E-state index in [0.29, 0.717) is 40.9 Å². The lowest BCUT2D eigenvalue weighted by molar-refractivity contribution is -0.136. The second-order valence-corrected chi connectivity index (χ2v) is 19.2. The molecule has 1 aliphatic carbocycles. The highest BCUT2D eigenvalue weighted by molar-refractivity contribution is 6.23. The average Bonchev–Trinajstić information content (AvgIpc) is 4.14. The van der Waals surface area contributed by atoms with Crippen LogP contribution in [0.25, 0.3) is 0 Å². The Labute approximate surface area is 370 Å². The molecular weight excluding hydrogens is 817 g/mol. The minimum Gasteiger partial charge on any atom is -0.371 e. The number of anilines is 4. The lowest BCUT2D eigenvalue weighted by atomic mass is 9.88. The van der Waals surface area contributed by atoms with Crippen molar-refractivity contribution < 1.29 is 28.8 Å². The number of primary amides is 1. The highest BCUT2D eigenvalue weighted by Crippen LogP contribution is 2.44. The number of nitrogens with zero attached hydrogens (tertiary/aromatic N) is 9. The molecule has 334 valence electrons. The summed E-state index contributed by atoms with van der Waals surface area (Å²) in [6, 6.07) is 13.4. The topological polar surface area (TPSA) is 211 Å². The van der Waals surface area contributed by atoms with Gasteiger partial charge in [0.1, 0.15) is 6.04 Å². The molecule has 18 nitrogen and oxygen atoms in total. The van der Waals surface area contributed by atoms with Gasteiger partial charge in [0.2, 0.25) is 17.8 Å². The monoisotopic (exact) mass is 870 g/mol. The van der Waals surface area contributed by atoms with E-state index in [0.717, 1.165) is 120 Å². The van der Waals surface area contributed by atoms with Crippen molar-refractivity contribution in [3.63, 3.8) is 0 Å². The van der Waals surface area contributed by atoms with E-state index in [4.69, 9.17) is 10.7 Å². The summed E-state index contributed by atoms with van der Waals surface area (Å²) in [6.07, 6.45) is 8.54. The van der Waals surface area contributed by atoms with Crippen molar-refractivity contribution in [3.8, 4) is 0 Å². The van der Waals surface area contributed by atoms with Crippen LogP contribution in [-0.2, 0) is 9.59 Å². The fraction of sp³-hybridized carbons (Fsp3) is 0.543. The minimum absolute atomic E-state index is 0.0142. The maximum absolute atomic E-state index is 13.4. The predicted molar refractivity (Wildman–Crippen MR) is 234 cm³/mol. The van der Waals surface area contributed by atoms with Crippen LogP contribution in [0.4, 0.5) is 27.9 Å². The van der Waals surface area contributed by atoms with Gasteiger partial charge in [0, 0.05) is 57.1 Å². The fourth-order valence-electron chi connectivity index (χ4n) is 12.1. The standard InChI is InChI=1S/C46H54N12O6/c47-40(60)39-41(50-45(52-51-39)56-24-27-20-36(56)37(21-27)57-25-32-2-1-15-55(32)46(57)64)48-30-5-3-28(4-6-30)29-13-16-53(17-14-29)23-26-11-18-54(19-12-26)31-7-8-33-34(22-31)44(63)58(43(33)62)35-9-10-38(59)49-42(35)61/h3-8,22,26-27,29,32,35-37H,1-2,9-21,23-25H2,(H2,47,60)(H,48,50,52)(H,49,59,61). The predicted octanol–water partition coefficient (Wildman–Crippen LogP) is 3.08. The molecule has 6 saturated heterocycles. The molecule has 7 amide bonds. The third-order valence-electron chi connectivity index (χ3n) is 15.4. The number of rotatable bonds is 10. The van der Waals surface area contributed by atoms with Crippen molar-refractivity contribution in [1.82, 2.24) is 40.1 Å². The molecule has 64 heavy (non-hydrogen) atoms. The largest absolute Gasteiger partial charge is 0.371 e. The molecule has 5 atom stereocenters. The zero-order valence-electron chi connectivity index (χ0n) is 35.9. The van der Waals surface area contributed by atoms with Crippen LogP contribution in [0.5, 0.6) is 0 Å². The summed E-state index contributed by atoms with van der Waals surface area (Å²) in [7, 11) is 0. The third-order valence-corrected chi connectivity index (χ3v) is 15.4. The van der Waals surface area contributed by atoms with E-state index >= 15 is 0 Å². The number of fused-ring (bicyclic) bond motifs is 4. The van der Waals surface area contributed by atoms with Gasteiger partial charge >= 0.3 is 6.03 Å². The molecule has 18 heteroatoms. The SMILES string of the molecule is NC(=O)c1nnc(N2CC3CC(N4CC5CCCN5C4=O)C2C3)nc1Nc1ccc(C2CCN(CC3CCN(c4ccc5c(c4)C(=O)N(C4CCC(=O)NC4=O)C5=O)CC3)CC2)cc1. The zero-order chi connectivity index (χ0) is 43.8. The van der Waals surface area contributed by atoms with Crippen LogP contribution >= 0.6 is 0 Å². The van der Waals surface area contributed by atoms with Crippen molar-refractivity contribution in [1.29, 1.82) is 0 Å². The average molecular weight is 871 g/mol. The molecule has 7 fully saturated rings. The molecule has 3 aromatic rings. The Morgan fingerprint density at radius 1 is 0.781 bits per heavy atom. The van der Waals surface area contributed by atoms with Gasteiger partial charge in [-0.3, -0.25) is 34.2 Å². The molecule has 1 saturated carbocycles. The third kappa shape index (κ3) is 7.19. The van der Waals surface area contributed by atoms with Gasteiger partial charge in [-0.2, -0.15) is 4.98 Å². The first-order valence-electron chi connectivity index (χ1n) is 23.1. The van der Waals surface area contributed by atoms with E-state index in [-0.39, 0.29) is 42.5 Å². The highest BCUT2D eigenvalue weighted by Gasteiger charge is 2.53. The normalized spacial score (nSPS) is 27.5. The number of piperidine rings is 4. The van der Waals surface area contributed by atoms with Gasteiger partial charge in [-0.15, -0.1) is 10.2 Å². The van der Waals surface area contributed by atoms with E-state index in [1.54, 1.807) is 12.1 Å². The van der Waals surface area contributed by atoms with Crippen molar-refractivity contribution in [2.75, 3.05) is 67.5 Å². The van der Waals surface area contributed by atoms with Gasteiger partial charge < -0.3 is 35.6 Å². The summed E-state index contributed by atoms with van der Waals surface area (Å²) in [5, 5.41) is 14.2. The molecule has 2 aromatic carbocycles. The molecule has 11 rings (SSSR count). The van der Waals surface area contributed by atoms with Gasteiger partial charge in [0.25, 0.3) is 17.7 Å². The maximum atomic E-state index is 13.4. The van der Waals surface area contributed by atoms with E-state index in [1.165, 1.54) is 5.56 Å². The molecular formula is C46H54N12O6. The Hall–Kier alpha value is -6.17. The Morgan fingerprint density at radius 3 is 2.25 bits per heavy atom. The summed E-state index contributed by atoms with van der Waals surface area (Å²) >= 11 is 0. The molecule has 8 aliphatic rings. The van der Waals surface area contributed by atoms with Crippen LogP contribution in [0.1, 0.15) is 107 Å². The van der Waals surface area contributed by atoms with Crippen LogP contribution in [0.2, 0.25) is 0 Å². The van der Waals surface area contributed by atoms with Crippen molar-refractivity contribution in [2.45, 2.75) is 94.3 Å². The number of hydrogen-bond donors (Lipinski definition) is 3. The van der Waals surface area contributed by atoms with Gasteiger partial charge in [-0.25, -0.2) is 4.79 Å². The second-order valence-electron chi connectivity index (χ2n) is 19.2. The number of nitrogens with one attached hydrogen (secondary N) is 2. The first-order chi connectivity index (χ1) is 31.1. The molecule has 2 bridgehead atoms. The van der Waals surface area contributed by atoms with E-state index in [2.05, 4.69) is 52.6 Å². The molecule has 1 aromatic heterocycles. The number of imide groups is 2. The van der Waals surface area contributed by atoms with Crippen molar-refractivity contribution >= 4 is 58.7 Å². The highest BCUT2D eigenvalue weighted by atomic mass is 16.2. The van der Waals surface area contributed by atoms with E-state index in [1.807, 2.05) is 23.1 Å². The summed E-state index contributed by atoms with van der Waals surface area (Å²) < 4.78 is 0. The van der Waals surface area contributed by atoms with E-state index in [9.17, 15) is 28.8 Å². The quantitative estimate of drug-likeness (QED) is 0.251. The number of hydrogen-bond acceptors (Lipinski definition) is 13. The number of likely N-dealkylation sites (tertiary alicyclic amines) is 1. The summed E-state index contributed by atoms with van der Waals surface area (Å²) in [6.45, 7) is 7.24. The lowest BCUT2D eigenvalue weighted by Gasteiger charge is -2.38. The Morgan fingerprint density at radius 2 is 1.53 bits per heavy atom. The smallest absolute Gasteiger partial charge is 0.320 e. The second kappa shape index (κ2) is 16.1. The van der Waals surface area contributed by atoms with Crippen LogP contribution in [-0.4, -0.2) is 147 Å². The Balaban J connectivity index is 0.668. The number of benzene rings is 2. The van der Waals surface area contributed by atoms with Gasteiger partial charge in [-0.1, -0.05) is 12.1 Å². The minimum atomic E-state index is -0.973. The van der Waals surface area contributed by atoms with Crippen LogP contribution < -0.4 is 26.2 Å². The number of carbonyl (C=O) groups excluding carboxylic acids is 6. The Kier molecular flexibility index (Phi) is 10.2. The molecule has 0 radical (unpaired) electrons. The van der Waals surface area contributed by atoms with Crippen LogP contribution in [0, 0.1) is 11.8 Å². The van der Waals surface area contributed by atoms with Gasteiger partial charge in [0.15, 0.2) is 11.5 Å². The number of aromatic nitrogens is 3. The number of carbonyl (C=O) groups is 6. The van der Waals surface area contributed by atoms with Gasteiger partial charge in [0.05, 0.1) is 29.3 Å². The van der Waals surface area contributed by atoms with Gasteiger partial charge in [-0.05, 0) is 125 Å².